The molecule has 25 heavy (non-hydrogen) atoms. The second kappa shape index (κ2) is 8.09. The topological polar surface area (TPSA) is 43.8 Å². The van der Waals surface area contributed by atoms with Crippen molar-refractivity contribution in [2.75, 3.05) is 26.2 Å². The molecule has 2 aromatic rings. The van der Waals surface area contributed by atoms with E-state index in [0.29, 0.717) is 23.7 Å². The van der Waals surface area contributed by atoms with E-state index in [-0.39, 0.29) is 11.7 Å². The molecule has 0 saturated carbocycles. The van der Waals surface area contributed by atoms with Crippen molar-refractivity contribution in [1.29, 1.82) is 0 Å². The van der Waals surface area contributed by atoms with Gasteiger partial charge in [-0.15, -0.1) is 0 Å². The summed E-state index contributed by atoms with van der Waals surface area (Å²) in [6.45, 7) is 3.87. The fraction of sp³-hybridized carbons (Fsp3) is 0.316. The number of benzene rings is 2. The van der Waals surface area contributed by atoms with Crippen molar-refractivity contribution in [2.45, 2.75) is 13.0 Å². The van der Waals surface area contributed by atoms with E-state index < -0.39 is 0 Å². The van der Waals surface area contributed by atoms with Crippen LogP contribution < -0.4 is 0 Å². The van der Waals surface area contributed by atoms with Gasteiger partial charge < -0.3 is 10.0 Å². The molecule has 0 radical (unpaired) electrons. The van der Waals surface area contributed by atoms with Crippen LogP contribution in [0.2, 0.25) is 10.0 Å². The predicted octanol–water partition coefficient (Wildman–Crippen LogP) is 4.05. The first-order chi connectivity index (χ1) is 12.0. The maximum atomic E-state index is 12.7. The molecule has 4 nitrogen and oxygen atoms in total. The Morgan fingerprint density at radius 3 is 2.40 bits per heavy atom. The molecule has 0 spiro atoms. The van der Waals surface area contributed by atoms with Crippen LogP contribution in [-0.2, 0) is 6.54 Å². The highest BCUT2D eigenvalue weighted by atomic mass is 35.5. The SMILES string of the molecule is O=C(c1ccc(Cl)cc1O)N1CCCN(Cc2ccc(Cl)cc2)CC1. The van der Waals surface area contributed by atoms with Gasteiger partial charge in [0.25, 0.3) is 5.91 Å². The Labute approximate surface area is 157 Å². The number of aromatic hydroxyl groups is 1. The molecule has 1 fully saturated rings. The molecule has 0 aromatic heterocycles. The smallest absolute Gasteiger partial charge is 0.257 e. The largest absolute Gasteiger partial charge is 0.507 e. The van der Waals surface area contributed by atoms with Gasteiger partial charge in [-0.25, -0.2) is 0 Å². The van der Waals surface area contributed by atoms with Gasteiger partial charge in [0.15, 0.2) is 0 Å². The summed E-state index contributed by atoms with van der Waals surface area (Å²) >= 11 is 11.8. The standard InChI is InChI=1S/C19H20Cl2N2O2/c20-15-4-2-14(3-5-15)13-22-8-1-9-23(11-10-22)19(25)17-7-6-16(21)12-18(17)24/h2-7,12,24H,1,8-11,13H2. The van der Waals surface area contributed by atoms with E-state index in [2.05, 4.69) is 4.90 Å². The summed E-state index contributed by atoms with van der Waals surface area (Å²) in [6, 6.07) is 12.5. The van der Waals surface area contributed by atoms with Crippen molar-refractivity contribution in [3.05, 3.63) is 63.6 Å². The first-order valence-corrected chi connectivity index (χ1v) is 9.03. The van der Waals surface area contributed by atoms with Crippen LogP contribution in [0.25, 0.3) is 0 Å². The quantitative estimate of drug-likeness (QED) is 0.875. The first-order valence-electron chi connectivity index (χ1n) is 8.27. The second-order valence-corrected chi connectivity index (χ2v) is 7.08. The fourth-order valence-corrected chi connectivity index (χ4v) is 3.33. The molecule has 1 heterocycles. The number of phenols is 1. The molecule has 0 bridgehead atoms. The van der Waals surface area contributed by atoms with Crippen molar-refractivity contribution in [3.63, 3.8) is 0 Å². The van der Waals surface area contributed by atoms with Gasteiger partial charge in [-0.1, -0.05) is 35.3 Å². The van der Waals surface area contributed by atoms with Gasteiger partial charge >= 0.3 is 0 Å². The molecule has 1 amide bonds. The Balaban J connectivity index is 1.62. The molecule has 6 heteroatoms. The Morgan fingerprint density at radius 2 is 1.68 bits per heavy atom. The summed E-state index contributed by atoms with van der Waals surface area (Å²) in [4.78, 5) is 16.8. The van der Waals surface area contributed by atoms with Crippen LogP contribution in [0.3, 0.4) is 0 Å². The molecule has 1 aliphatic rings. The average molecular weight is 379 g/mol. The average Bonchev–Trinajstić information content (AvgIpc) is 2.82. The summed E-state index contributed by atoms with van der Waals surface area (Å²) < 4.78 is 0. The third-order valence-corrected chi connectivity index (χ3v) is 4.87. The van der Waals surface area contributed by atoms with Gasteiger partial charge in [-0.3, -0.25) is 9.69 Å². The monoisotopic (exact) mass is 378 g/mol. The van der Waals surface area contributed by atoms with E-state index in [1.54, 1.807) is 17.0 Å². The van der Waals surface area contributed by atoms with Crippen molar-refractivity contribution in [2.24, 2.45) is 0 Å². The van der Waals surface area contributed by atoms with Gasteiger partial charge in [0, 0.05) is 42.8 Å². The Kier molecular flexibility index (Phi) is 5.84. The summed E-state index contributed by atoms with van der Waals surface area (Å²) in [5.41, 5.74) is 1.51. The van der Waals surface area contributed by atoms with Gasteiger partial charge in [-0.2, -0.15) is 0 Å². The molecule has 0 aliphatic carbocycles. The molecule has 3 rings (SSSR count). The van der Waals surface area contributed by atoms with Gasteiger partial charge in [0.05, 0.1) is 5.56 Å². The minimum Gasteiger partial charge on any atom is -0.507 e. The minimum atomic E-state index is -0.150. The lowest BCUT2D eigenvalue weighted by Gasteiger charge is -2.22. The number of carbonyl (C=O) groups excluding carboxylic acids is 1. The van der Waals surface area contributed by atoms with Crippen molar-refractivity contribution >= 4 is 29.1 Å². The van der Waals surface area contributed by atoms with Crippen LogP contribution in [0.1, 0.15) is 22.3 Å². The van der Waals surface area contributed by atoms with Crippen molar-refractivity contribution in [3.8, 4) is 5.75 Å². The van der Waals surface area contributed by atoms with Crippen LogP contribution >= 0.6 is 23.2 Å². The third kappa shape index (κ3) is 4.66. The lowest BCUT2D eigenvalue weighted by Crippen LogP contribution is -2.35. The lowest BCUT2D eigenvalue weighted by atomic mass is 10.1. The minimum absolute atomic E-state index is 0.0697. The molecule has 1 saturated heterocycles. The molecule has 1 aliphatic heterocycles. The number of amides is 1. The Bertz CT molecular complexity index is 750. The lowest BCUT2D eigenvalue weighted by molar-refractivity contribution is 0.0758. The zero-order chi connectivity index (χ0) is 17.8. The molecular formula is C19H20Cl2N2O2. The summed E-state index contributed by atoms with van der Waals surface area (Å²) in [5.74, 6) is -0.220. The maximum absolute atomic E-state index is 12.7. The highest BCUT2D eigenvalue weighted by Crippen LogP contribution is 2.24. The number of halogens is 2. The number of phenolic OH excluding ortho intramolecular Hbond substituents is 1. The second-order valence-electron chi connectivity index (χ2n) is 6.21. The number of carbonyl (C=O) groups is 1. The number of hydrogen-bond acceptors (Lipinski definition) is 3. The Hall–Kier alpha value is -1.75. The highest BCUT2D eigenvalue weighted by Gasteiger charge is 2.22. The van der Waals surface area contributed by atoms with Gasteiger partial charge in [0.1, 0.15) is 5.75 Å². The molecule has 2 aromatic carbocycles. The van der Waals surface area contributed by atoms with E-state index in [9.17, 15) is 9.90 Å². The van der Waals surface area contributed by atoms with Crippen LogP contribution in [-0.4, -0.2) is 47.0 Å². The van der Waals surface area contributed by atoms with Crippen LogP contribution in [0.5, 0.6) is 5.75 Å². The zero-order valence-corrected chi connectivity index (χ0v) is 15.3. The fourth-order valence-electron chi connectivity index (χ4n) is 3.04. The molecular weight excluding hydrogens is 359 g/mol. The number of hydrogen-bond donors (Lipinski definition) is 1. The normalized spacial score (nSPS) is 15.8. The van der Waals surface area contributed by atoms with E-state index >= 15 is 0 Å². The van der Waals surface area contributed by atoms with E-state index in [4.69, 9.17) is 23.2 Å². The van der Waals surface area contributed by atoms with Crippen molar-refractivity contribution in [1.82, 2.24) is 9.80 Å². The van der Waals surface area contributed by atoms with Crippen LogP contribution in [0.4, 0.5) is 0 Å². The molecule has 1 N–H and O–H groups in total. The Morgan fingerprint density at radius 1 is 0.960 bits per heavy atom. The molecule has 132 valence electrons. The number of rotatable bonds is 3. The van der Waals surface area contributed by atoms with Crippen molar-refractivity contribution < 1.29 is 9.90 Å². The van der Waals surface area contributed by atoms with Gasteiger partial charge in [-0.05, 0) is 42.3 Å². The third-order valence-electron chi connectivity index (χ3n) is 4.39. The van der Waals surface area contributed by atoms with E-state index in [0.717, 1.165) is 31.1 Å². The number of nitrogens with zero attached hydrogens (tertiary/aromatic N) is 2. The van der Waals surface area contributed by atoms with E-state index in [1.165, 1.54) is 11.6 Å². The molecule has 0 atom stereocenters. The predicted molar refractivity (Wildman–Crippen MR) is 100 cm³/mol. The maximum Gasteiger partial charge on any atom is 0.257 e. The first kappa shape index (κ1) is 18.1. The van der Waals surface area contributed by atoms with Gasteiger partial charge in [0.2, 0.25) is 0 Å². The molecule has 0 unspecified atom stereocenters. The van der Waals surface area contributed by atoms with E-state index in [1.807, 2.05) is 24.3 Å². The zero-order valence-electron chi connectivity index (χ0n) is 13.8. The summed E-state index contributed by atoms with van der Waals surface area (Å²) in [6.07, 6.45) is 0.897. The summed E-state index contributed by atoms with van der Waals surface area (Å²) in [7, 11) is 0. The highest BCUT2D eigenvalue weighted by molar-refractivity contribution is 6.31. The van der Waals surface area contributed by atoms with Crippen LogP contribution in [0.15, 0.2) is 42.5 Å². The summed E-state index contributed by atoms with van der Waals surface area (Å²) in [5, 5.41) is 11.1. The van der Waals surface area contributed by atoms with Crippen LogP contribution in [0, 0.1) is 0 Å².